The van der Waals surface area contributed by atoms with Gasteiger partial charge in [0.1, 0.15) is 12.4 Å². The van der Waals surface area contributed by atoms with Gasteiger partial charge in [-0.1, -0.05) is 42.5 Å². The van der Waals surface area contributed by atoms with Gasteiger partial charge in [-0.15, -0.1) is 0 Å². The predicted molar refractivity (Wildman–Crippen MR) is 96.4 cm³/mol. The molecule has 0 bridgehead atoms. The summed E-state index contributed by atoms with van der Waals surface area (Å²) in [7, 11) is 0. The Bertz CT molecular complexity index is 712. The zero-order valence-electron chi connectivity index (χ0n) is 14.9. The molecule has 2 aromatic rings. The van der Waals surface area contributed by atoms with Crippen LogP contribution in [0.15, 0.2) is 48.5 Å². The Hall–Kier alpha value is -2.01. The fraction of sp³-hybridized carbons (Fsp3) is 0.429. The van der Waals surface area contributed by atoms with Gasteiger partial charge in [0.2, 0.25) is 0 Å². The molecule has 26 heavy (non-hydrogen) atoms. The van der Waals surface area contributed by atoms with E-state index in [9.17, 15) is 13.2 Å². The van der Waals surface area contributed by atoms with Crippen molar-refractivity contribution < 1.29 is 17.9 Å². The summed E-state index contributed by atoms with van der Waals surface area (Å²) in [5.41, 5.74) is 3.28. The van der Waals surface area contributed by atoms with E-state index in [1.165, 1.54) is 0 Å². The number of nitrogens with zero attached hydrogens (tertiary/aromatic N) is 1. The average Bonchev–Trinajstić information content (AvgIpc) is 2.68. The number of rotatable bonds is 6. The maximum Gasteiger partial charge on any atom is 0.332 e. The minimum Gasteiger partial charge on any atom is -0.489 e. The molecule has 0 aromatic heterocycles. The second-order valence-corrected chi connectivity index (χ2v) is 6.86. The first-order chi connectivity index (χ1) is 12.5. The molecule has 0 N–H and O–H groups in total. The van der Waals surface area contributed by atoms with Crippen LogP contribution in [-0.2, 0) is 6.61 Å². The molecule has 1 aliphatic rings. The molecule has 0 saturated carbocycles. The summed E-state index contributed by atoms with van der Waals surface area (Å²) in [6.07, 6.45) is 1.22. The van der Waals surface area contributed by atoms with Crippen LogP contribution in [0.2, 0.25) is 0 Å². The van der Waals surface area contributed by atoms with E-state index in [2.05, 4.69) is 6.07 Å². The van der Waals surface area contributed by atoms with Crippen LogP contribution in [0.1, 0.15) is 35.4 Å². The number of hydrogen-bond acceptors (Lipinski definition) is 2. The normalized spacial score (nSPS) is 16.6. The molecular formula is C21H24F3NO. The lowest BCUT2D eigenvalue weighted by atomic mass is 9.88. The number of ether oxygens (including phenoxy) is 1. The van der Waals surface area contributed by atoms with E-state index < -0.39 is 12.7 Å². The summed E-state index contributed by atoms with van der Waals surface area (Å²) in [6, 6.07) is 12.7. The van der Waals surface area contributed by atoms with Gasteiger partial charge in [-0.2, -0.15) is 8.78 Å². The highest BCUT2D eigenvalue weighted by Crippen LogP contribution is 2.34. The van der Waals surface area contributed by atoms with Gasteiger partial charge in [-0.25, -0.2) is 9.29 Å². The van der Waals surface area contributed by atoms with E-state index in [0.717, 1.165) is 27.3 Å². The van der Waals surface area contributed by atoms with Gasteiger partial charge in [-0.05, 0) is 48.4 Å². The van der Waals surface area contributed by atoms with Crippen molar-refractivity contribution in [1.82, 2.24) is 4.90 Å². The van der Waals surface area contributed by atoms with E-state index in [0.29, 0.717) is 19.4 Å². The van der Waals surface area contributed by atoms with Crippen molar-refractivity contribution in [3.8, 4) is 5.75 Å². The van der Waals surface area contributed by atoms with Gasteiger partial charge in [0, 0.05) is 13.1 Å². The van der Waals surface area contributed by atoms with Crippen molar-refractivity contribution in [1.29, 1.82) is 0 Å². The lowest BCUT2D eigenvalue weighted by Gasteiger charge is -2.36. The van der Waals surface area contributed by atoms with Gasteiger partial charge in [0.05, 0.1) is 0 Å². The summed E-state index contributed by atoms with van der Waals surface area (Å²) in [5, 5.41) is 0. The third-order valence-corrected chi connectivity index (χ3v) is 5.03. The summed E-state index contributed by atoms with van der Waals surface area (Å²) < 4.78 is 45.2. The molecule has 0 amide bonds. The third-order valence-electron chi connectivity index (χ3n) is 5.03. The van der Waals surface area contributed by atoms with Crippen LogP contribution in [0, 0.1) is 6.92 Å². The first-order valence-electron chi connectivity index (χ1n) is 8.96. The van der Waals surface area contributed by atoms with E-state index in [4.69, 9.17) is 4.74 Å². The molecule has 1 aliphatic heterocycles. The van der Waals surface area contributed by atoms with Crippen molar-refractivity contribution in [2.24, 2.45) is 0 Å². The van der Waals surface area contributed by atoms with Crippen molar-refractivity contribution in [2.45, 2.75) is 38.3 Å². The van der Waals surface area contributed by atoms with Gasteiger partial charge in [0.25, 0.3) is 0 Å². The molecule has 1 fully saturated rings. The summed E-state index contributed by atoms with van der Waals surface area (Å²) >= 11 is 0. The first-order valence-corrected chi connectivity index (χ1v) is 8.96. The molecular weight excluding hydrogens is 339 g/mol. The van der Waals surface area contributed by atoms with Crippen LogP contribution in [0.25, 0.3) is 0 Å². The average molecular weight is 363 g/mol. The first kappa shape index (κ1) is 18.8. The monoisotopic (exact) mass is 363 g/mol. The quantitative estimate of drug-likeness (QED) is 0.645. The van der Waals surface area contributed by atoms with E-state index in [1.807, 2.05) is 49.4 Å². The third kappa shape index (κ3) is 4.39. The van der Waals surface area contributed by atoms with Gasteiger partial charge < -0.3 is 4.74 Å². The fourth-order valence-electron chi connectivity index (χ4n) is 3.45. The van der Waals surface area contributed by atoms with Crippen molar-refractivity contribution in [3.63, 3.8) is 0 Å². The maximum absolute atomic E-state index is 13.4. The topological polar surface area (TPSA) is 12.5 Å². The Morgan fingerprint density at radius 3 is 2.38 bits per heavy atom. The van der Waals surface area contributed by atoms with Crippen molar-refractivity contribution in [2.75, 3.05) is 19.8 Å². The molecule has 0 atom stereocenters. The molecule has 0 aliphatic carbocycles. The number of hydrogen-bond donors (Lipinski definition) is 0. The SMILES string of the molecule is Cc1cc(C2CCN(C(F)(F)CF)CC2)ccc1OCc1ccccc1. The minimum atomic E-state index is -3.34. The van der Waals surface area contributed by atoms with Crippen LogP contribution in [-0.4, -0.2) is 30.7 Å². The summed E-state index contributed by atoms with van der Waals surface area (Å²) in [4.78, 5) is 0.952. The molecule has 3 rings (SSSR count). The van der Waals surface area contributed by atoms with Crippen molar-refractivity contribution >= 4 is 0 Å². The Morgan fingerprint density at radius 1 is 1.08 bits per heavy atom. The summed E-state index contributed by atoms with van der Waals surface area (Å²) in [5.74, 6) is 1.06. The Balaban J connectivity index is 1.60. The second-order valence-electron chi connectivity index (χ2n) is 6.86. The summed E-state index contributed by atoms with van der Waals surface area (Å²) in [6.45, 7) is 1.32. The molecule has 0 radical (unpaired) electrons. The lowest BCUT2D eigenvalue weighted by Crippen LogP contribution is -2.47. The minimum absolute atomic E-state index is 0.215. The predicted octanol–water partition coefficient (Wildman–Crippen LogP) is 5.32. The highest BCUT2D eigenvalue weighted by atomic mass is 19.3. The largest absolute Gasteiger partial charge is 0.489 e. The second kappa shape index (κ2) is 8.12. The van der Waals surface area contributed by atoms with E-state index in [-0.39, 0.29) is 19.0 Å². The fourth-order valence-corrected chi connectivity index (χ4v) is 3.45. The Kier molecular flexibility index (Phi) is 5.87. The van der Waals surface area contributed by atoms with E-state index >= 15 is 0 Å². The standard InChI is InChI=1S/C21H24F3NO/c1-16-13-19(18-9-11-25(12-10-18)21(23,24)15-22)7-8-20(16)26-14-17-5-3-2-4-6-17/h2-8,13,18H,9-12,14-15H2,1H3. The van der Waals surface area contributed by atoms with Crippen LogP contribution < -0.4 is 4.74 Å². The molecule has 2 aromatic carbocycles. The Labute approximate surface area is 152 Å². The van der Waals surface area contributed by atoms with Crippen LogP contribution >= 0.6 is 0 Å². The zero-order valence-corrected chi connectivity index (χ0v) is 14.9. The number of alkyl halides is 3. The smallest absolute Gasteiger partial charge is 0.332 e. The number of benzene rings is 2. The molecule has 5 heteroatoms. The molecule has 1 saturated heterocycles. The zero-order chi connectivity index (χ0) is 18.6. The number of piperidine rings is 1. The van der Waals surface area contributed by atoms with E-state index in [1.54, 1.807) is 0 Å². The maximum atomic E-state index is 13.4. The van der Waals surface area contributed by atoms with Crippen LogP contribution in [0.5, 0.6) is 5.75 Å². The van der Waals surface area contributed by atoms with Gasteiger partial charge in [-0.3, -0.25) is 0 Å². The molecule has 0 spiro atoms. The molecule has 0 unspecified atom stereocenters. The lowest BCUT2D eigenvalue weighted by molar-refractivity contribution is -0.165. The molecule has 140 valence electrons. The Morgan fingerprint density at radius 2 is 1.77 bits per heavy atom. The van der Waals surface area contributed by atoms with Gasteiger partial charge in [0.15, 0.2) is 6.67 Å². The highest BCUT2D eigenvalue weighted by molar-refractivity contribution is 5.38. The van der Waals surface area contributed by atoms with Gasteiger partial charge >= 0.3 is 6.05 Å². The van der Waals surface area contributed by atoms with Crippen molar-refractivity contribution in [3.05, 3.63) is 65.2 Å². The molecule has 2 nitrogen and oxygen atoms in total. The number of likely N-dealkylation sites (tertiary alicyclic amines) is 1. The highest BCUT2D eigenvalue weighted by Gasteiger charge is 2.39. The van der Waals surface area contributed by atoms with Crippen LogP contribution in [0.4, 0.5) is 13.2 Å². The number of halogens is 3. The number of aryl methyl sites for hydroxylation is 1. The molecule has 1 heterocycles. The van der Waals surface area contributed by atoms with Crippen LogP contribution in [0.3, 0.4) is 0 Å².